The summed E-state index contributed by atoms with van der Waals surface area (Å²) in [7, 11) is 0. The summed E-state index contributed by atoms with van der Waals surface area (Å²) < 4.78 is 0. The molecule has 0 aromatic carbocycles. The predicted octanol–water partition coefficient (Wildman–Crippen LogP) is 1.36. The number of nitrogens with zero attached hydrogens (tertiary/aromatic N) is 1. The van der Waals surface area contributed by atoms with Gasteiger partial charge in [0.15, 0.2) is 5.78 Å². The van der Waals surface area contributed by atoms with Gasteiger partial charge in [-0.15, -0.1) is 18.8 Å². The molecule has 1 aliphatic carbocycles. The predicted molar refractivity (Wildman–Crippen MR) is 64.6 cm³/mol. The highest BCUT2D eigenvalue weighted by Gasteiger charge is 2.27. The fraction of sp³-hybridized carbons (Fsp3) is 0.333. The van der Waals surface area contributed by atoms with Crippen LogP contribution in [0.3, 0.4) is 0 Å². The quantitative estimate of drug-likeness (QED) is 0.753. The standard InChI is InChI=1S/C12H12N2O.ClH/c1-2-12(5-3-7-13)6-4-11(15)10(8-12)9-14;/h1,4,6,8H,3,5,7,13H2;1H. The maximum absolute atomic E-state index is 11.2. The van der Waals surface area contributed by atoms with E-state index in [1.807, 2.05) is 6.07 Å². The number of hydrogen-bond acceptors (Lipinski definition) is 3. The van der Waals surface area contributed by atoms with Crippen molar-refractivity contribution in [2.75, 3.05) is 6.54 Å². The second kappa shape index (κ2) is 6.12. The van der Waals surface area contributed by atoms with E-state index in [1.54, 1.807) is 12.2 Å². The van der Waals surface area contributed by atoms with Crippen LogP contribution in [-0.2, 0) is 4.79 Å². The molecule has 0 aliphatic heterocycles. The molecule has 1 atom stereocenters. The van der Waals surface area contributed by atoms with Crippen LogP contribution in [0.1, 0.15) is 12.8 Å². The second-order valence-electron chi connectivity index (χ2n) is 3.44. The third-order valence-electron chi connectivity index (χ3n) is 2.38. The van der Waals surface area contributed by atoms with Crippen LogP contribution in [0.5, 0.6) is 0 Å². The molecule has 0 aromatic rings. The third-order valence-corrected chi connectivity index (χ3v) is 2.38. The smallest absolute Gasteiger partial charge is 0.195 e. The van der Waals surface area contributed by atoms with E-state index in [2.05, 4.69) is 5.92 Å². The Bertz CT molecular complexity index is 412. The first-order valence-electron chi connectivity index (χ1n) is 4.72. The Hall–Kier alpha value is -1.55. The molecule has 1 rings (SSSR count). The van der Waals surface area contributed by atoms with E-state index in [1.165, 1.54) is 6.08 Å². The van der Waals surface area contributed by atoms with Crippen molar-refractivity contribution in [1.82, 2.24) is 0 Å². The molecule has 0 aromatic heterocycles. The van der Waals surface area contributed by atoms with Gasteiger partial charge in [0.2, 0.25) is 0 Å². The van der Waals surface area contributed by atoms with E-state index >= 15 is 0 Å². The summed E-state index contributed by atoms with van der Waals surface area (Å²) in [5.74, 6) is 2.33. The van der Waals surface area contributed by atoms with Crippen LogP contribution in [0, 0.1) is 29.1 Å². The van der Waals surface area contributed by atoms with Crippen molar-refractivity contribution in [3.8, 4) is 18.4 Å². The Morgan fingerprint density at radius 2 is 2.25 bits per heavy atom. The first kappa shape index (κ1) is 14.5. The van der Waals surface area contributed by atoms with Gasteiger partial charge >= 0.3 is 0 Å². The van der Waals surface area contributed by atoms with Crippen LogP contribution in [-0.4, -0.2) is 12.3 Å². The van der Waals surface area contributed by atoms with E-state index in [-0.39, 0.29) is 23.8 Å². The number of ketones is 1. The molecular formula is C12H13ClN2O. The summed E-state index contributed by atoms with van der Waals surface area (Å²) >= 11 is 0. The summed E-state index contributed by atoms with van der Waals surface area (Å²) in [6.45, 7) is 0.543. The van der Waals surface area contributed by atoms with Gasteiger partial charge in [0.25, 0.3) is 0 Å². The Morgan fingerprint density at radius 3 is 2.75 bits per heavy atom. The van der Waals surface area contributed by atoms with Gasteiger partial charge in [0, 0.05) is 0 Å². The lowest BCUT2D eigenvalue weighted by Gasteiger charge is -2.23. The minimum Gasteiger partial charge on any atom is -0.330 e. The highest BCUT2D eigenvalue weighted by atomic mass is 35.5. The molecule has 16 heavy (non-hydrogen) atoms. The zero-order chi connectivity index (χ0) is 11.3. The van der Waals surface area contributed by atoms with Crippen molar-refractivity contribution >= 4 is 18.2 Å². The maximum Gasteiger partial charge on any atom is 0.195 e. The largest absolute Gasteiger partial charge is 0.330 e. The molecular weight excluding hydrogens is 224 g/mol. The number of carbonyl (C=O) groups is 1. The highest BCUT2D eigenvalue weighted by Crippen LogP contribution is 2.31. The lowest BCUT2D eigenvalue weighted by Crippen LogP contribution is -2.20. The molecule has 0 spiro atoms. The van der Waals surface area contributed by atoms with Crippen LogP contribution < -0.4 is 5.73 Å². The van der Waals surface area contributed by atoms with Gasteiger partial charge in [0.05, 0.1) is 11.0 Å². The molecule has 0 heterocycles. The summed E-state index contributed by atoms with van der Waals surface area (Å²) in [6, 6.07) is 1.85. The SMILES string of the molecule is C#CC1(CCCN)C=CC(=O)C(C#N)=C1.Cl. The van der Waals surface area contributed by atoms with Crippen LogP contribution >= 0.6 is 12.4 Å². The number of carbonyl (C=O) groups excluding carboxylic acids is 1. The Labute approximate surface area is 101 Å². The first-order chi connectivity index (χ1) is 7.17. The second-order valence-corrected chi connectivity index (χ2v) is 3.44. The summed E-state index contributed by atoms with van der Waals surface area (Å²) in [6.07, 6.45) is 11.5. The van der Waals surface area contributed by atoms with Crippen molar-refractivity contribution in [1.29, 1.82) is 5.26 Å². The molecule has 1 aliphatic rings. The van der Waals surface area contributed by atoms with Crippen molar-refractivity contribution in [3.63, 3.8) is 0 Å². The maximum atomic E-state index is 11.2. The first-order valence-corrected chi connectivity index (χ1v) is 4.72. The van der Waals surface area contributed by atoms with Gasteiger partial charge < -0.3 is 5.73 Å². The van der Waals surface area contributed by atoms with Gasteiger partial charge in [-0.25, -0.2) is 0 Å². The Morgan fingerprint density at radius 1 is 1.56 bits per heavy atom. The third kappa shape index (κ3) is 2.97. The highest BCUT2D eigenvalue weighted by molar-refractivity contribution is 6.08. The molecule has 0 bridgehead atoms. The number of hydrogen-bond donors (Lipinski definition) is 1. The molecule has 0 saturated heterocycles. The van der Waals surface area contributed by atoms with E-state index in [4.69, 9.17) is 17.4 Å². The van der Waals surface area contributed by atoms with Gasteiger partial charge in [-0.1, -0.05) is 12.0 Å². The van der Waals surface area contributed by atoms with Crippen LogP contribution in [0.25, 0.3) is 0 Å². The summed E-state index contributed by atoms with van der Waals surface area (Å²) in [5, 5.41) is 8.75. The number of nitriles is 1. The Kier molecular flexibility index (Phi) is 5.53. The molecule has 0 fully saturated rings. The number of halogens is 1. The number of allylic oxidation sites excluding steroid dienone is 4. The van der Waals surface area contributed by atoms with Gasteiger partial charge in [-0.2, -0.15) is 5.26 Å². The zero-order valence-corrected chi connectivity index (χ0v) is 9.59. The van der Waals surface area contributed by atoms with E-state index in [0.29, 0.717) is 13.0 Å². The molecule has 2 N–H and O–H groups in total. The monoisotopic (exact) mass is 236 g/mol. The van der Waals surface area contributed by atoms with E-state index in [0.717, 1.165) is 6.42 Å². The van der Waals surface area contributed by atoms with Crippen LogP contribution in [0.2, 0.25) is 0 Å². The molecule has 0 amide bonds. The van der Waals surface area contributed by atoms with Gasteiger partial charge in [-0.3, -0.25) is 4.79 Å². The fourth-order valence-corrected chi connectivity index (χ4v) is 1.49. The van der Waals surface area contributed by atoms with Gasteiger partial charge in [-0.05, 0) is 31.5 Å². The normalized spacial score (nSPS) is 22.7. The summed E-state index contributed by atoms with van der Waals surface area (Å²) in [5.41, 5.74) is 4.91. The molecule has 84 valence electrons. The number of terminal acetylenes is 1. The zero-order valence-electron chi connectivity index (χ0n) is 8.77. The molecule has 0 radical (unpaired) electrons. The van der Waals surface area contributed by atoms with Crippen LogP contribution in [0.4, 0.5) is 0 Å². The van der Waals surface area contributed by atoms with E-state index < -0.39 is 5.41 Å². The average Bonchev–Trinajstić information content (AvgIpc) is 2.28. The summed E-state index contributed by atoms with van der Waals surface area (Å²) in [4.78, 5) is 11.2. The average molecular weight is 237 g/mol. The van der Waals surface area contributed by atoms with Crippen molar-refractivity contribution in [2.45, 2.75) is 12.8 Å². The van der Waals surface area contributed by atoms with Crippen molar-refractivity contribution in [3.05, 3.63) is 23.8 Å². The molecule has 3 nitrogen and oxygen atoms in total. The molecule has 1 unspecified atom stereocenters. The fourth-order valence-electron chi connectivity index (χ4n) is 1.49. The Balaban J connectivity index is 0.00000225. The topological polar surface area (TPSA) is 66.9 Å². The van der Waals surface area contributed by atoms with Crippen molar-refractivity contribution < 1.29 is 4.79 Å². The molecule has 0 saturated carbocycles. The minimum absolute atomic E-state index is 0. The number of nitrogens with two attached hydrogens (primary N) is 1. The minimum atomic E-state index is -0.613. The van der Waals surface area contributed by atoms with Gasteiger partial charge in [0.1, 0.15) is 6.07 Å². The number of rotatable bonds is 3. The molecule has 4 heteroatoms. The lowest BCUT2D eigenvalue weighted by atomic mass is 9.78. The van der Waals surface area contributed by atoms with E-state index in [9.17, 15) is 4.79 Å². The van der Waals surface area contributed by atoms with Crippen molar-refractivity contribution in [2.24, 2.45) is 11.1 Å². The lowest BCUT2D eigenvalue weighted by molar-refractivity contribution is -0.111. The van der Waals surface area contributed by atoms with Crippen LogP contribution in [0.15, 0.2) is 23.8 Å².